The molecule has 1 aromatic carbocycles. The number of halogens is 3. The van der Waals surface area contributed by atoms with Gasteiger partial charge in [-0.3, -0.25) is 0 Å². The molecule has 0 radical (unpaired) electrons. The van der Waals surface area contributed by atoms with Crippen molar-refractivity contribution < 1.29 is 9.13 Å². The normalized spacial score (nSPS) is 10.3. The van der Waals surface area contributed by atoms with Gasteiger partial charge in [-0.15, -0.1) is 0 Å². The Morgan fingerprint density at radius 1 is 1.29 bits per heavy atom. The first-order valence-electron chi connectivity index (χ1n) is 4.84. The van der Waals surface area contributed by atoms with Gasteiger partial charge in [-0.05, 0) is 34.1 Å². The number of ether oxygens (including phenoxy) is 1. The van der Waals surface area contributed by atoms with Crippen molar-refractivity contribution in [2.75, 3.05) is 0 Å². The van der Waals surface area contributed by atoms with Crippen molar-refractivity contribution in [2.45, 2.75) is 6.61 Å². The highest BCUT2D eigenvalue weighted by atomic mass is 79.9. The topological polar surface area (TPSA) is 22.1 Å². The molecule has 0 aliphatic heterocycles. The molecule has 2 nitrogen and oxygen atoms in total. The Labute approximate surface area is 112 Å². The zero-order valence-corrected chi connectivity index (χ0v) is 11.0. The Kier molecular flexibility index (Phi) is 3.97. The van der Waals surface area contributed by atoms with Gasteiger partial charge in [0.15, 0.2) is 0 Å². The van der Waals surface area contributed by atoms with Crippen LogP contribution in [-0.4, -0.2) is 4.98 Å². The van der Waals surface area contributed by atoms with E-state index in [1.54, 1.807) is 24.3 Å². The van der Waals surface area contributed by atoms with Gasteiger partial charge in [0.05, 0.1) is 10.7 Å². The van der Waals surface area contributed by atoms with Gasteiger partial charge in [0.1, 0.15) is 23.3 Å². The minimum atomic E-state index is -0.305. The Morgan fingerprint density at radius 3 is 2.82 bits per heavy atom. The molecule has 1 aromatic heterocycles. The second kappa shape index (κ2) is 5.47. The maximum absolute atomic E-state index is 13.2. The molecule has 88 valence electrons. The van der Waals surface area contributed by atoms with Crippen LogP contribution in [0.15, 0.2) is 41.0 Å². The van der Waals surface area contributed by atoms with Crippen molar-refractivity contribution >= 4 is 27.5 Å². The van der Waals surface area contributed by atoms with Crippen LogP contribution in [0.1, 0.15) is 5.56 Å². The zero-order valence-electron chi connectivity index (χ0n) is 8.66. The maximum Gasteiger partial charge on any atom is 0.138 e. The number of rotatable bonds is 3. The van der Waals surface area contributed by atoms with Crippen molar-refractivity contribution in [2.24, 2.45) is 0 Å². The van der Waals surface area contributed by atoms with Crippen LogP contribution in [0.5, 0.6) is 5.75 Å². The predicted octanol–water partition coefficient (Wildman–Crippen LogP) is 4.22. The molecule has 2 aromatic rings. The molecule has 0 unspecified atom stereocenters. The van der Waals surface area contributed by atoms with Crippen LogP contribution in [0.2, 0.25) is 5.15 Å². The van der Waals surface area contributed by atoms with E-state index in [1.165, 1.54) is 12.3 Å². The van der Waals surface area contributed by atoms with E-state index >= 15 is 0 Å². The molecule has 0 N–H and O–H groups in total. The van der Waals surface area contributed by atoms with Gasteiger partial charge in [-0.2, -0.15) is 0 Å². The fourth-order valence-electron chi connectivity index (χ4n) is 1.27. The molecule has 0 spiro atoms. The second-order valence-corrected chi connectivity index (χ2v) is 4.50. The van der Waals surface area contributed by atoms with E-state index in [0.717, 1.165) is 5.56 Å². The van der Waals surface area contributed by atoms with Gasteiger partial charge < -0.3 is 4.74 Å². The summed E-state index contributed by atoms with van der Waals surface area (Å²) in [6.45, 7) is 0.266. The summed E-state index contributed by atoms with van der Waals surface area (Å²) in [5.74, 6) is 0.283. The fraction of sp³-hybridized carbons (Fsp3) is 0.0833. The van der Waals surface area contributed by atoms with Gasteiger partial charge in [0, 0.05) is 5.56 Å². The lowest BCUT2D eigenvalue weighted by molar-refractivity contribution is 0.303. The predicted molar refractivity (Wildman–Crippen MR) is 67.7 cm³/mol. The number of pyridine rings is 1. The maximum atomic E-state index is 13.2. The van der Waals surface area contributed by atoms with E-state index in [1.807, 2.05) is 0 Å². The molecule has 0 aliphatic rings. The van der Waals surface area contributed by atoms with Gasteiger partial charge >= 0.3 is 0 Å². The molecule has 5 heteroatoms. The van der Waals surface area contributed by atoms with E-state index in [2.05, 4.69) is 20.9 Å². The molecular weight excluding hydrogens is 308 g/mol. The summed E-state index contributed by atoms with van der Waals surface area (Å²) in [6.07, 6.45) is 1.52. The van der Waals surface area contributed by atoms with E-state index in [-0.39, 0.29) is 12.4 Å². The van der Waals surface area contributed by atoms with E-state index < -0.39 is 0 Å². The lowest BCUT2D eigenvalue weighted by Gasteiger charge is -2.07. The second-order valence-electron chi connectivity index (χ2n) is 3.32. The Morgan fingerprint density at radius 2 is 2.12 bits per heavy atom. The lowest BCUT2D eigenvalue weighted by Crippen LogP contribution is -1.98. The Balaban J connectivity index is 2.07. The van der Waals surface area contributed by atoms with E-state index in [9.17, 15) is 4.39 Å². The van der Waals surface area contributed by atoms with Crippen LogP contribution in [0.4, 0.5) is 4.39 Å². The van der Waals surface area contributed by atoms with E-state index in [4.69, 9.17) is 16.3 Å². The number of hydrogen-bond donors (Lipinski definition) is 0. The number of nitrogens with zero attached hydrogens (tertiary/aromatic N) is 1. The first-order valence-corrected chi connectivity index (χ1v) is 6.01. The number of aromatic nitrogens is 1. The standard InChI is InChI=1S/C12H8BrClFNO/c13-12-8(2-1-3-10(12)15)7-17-9-4-5-11(14)16-6-9/h1-6H,7H2. The van der Waals surface area contributed by atoms with Crippen LogP contribution >= 0.6 is 27.5 Å². The molecule has 0 bridgehead atoms. The van der Waals surface area contributed by atoms with Crippen LogP contribution < -0.4 is 4.74 Å². The zero-order chi connectivity index (χ0) is 12.3. The lowest BCUT2D eigenvalue weighted by atomic mass is 10.2. The average molecular weight is 317 g/mol. The third-order valence-electron chi connectivity index (χ3n) is 2.13. The van der Waals surface area contributed by atoms with Crippen LogP contribution in [0, 0.1) is 5.82 Å². The summed E-state index contributed by atoms with van der Waals surface area (Å²) in [6, 6.07) is 8.16. The summed E-state index contributed by atoms with van der Waals surface area (Å²) in [5, 5.41) is 0.407. The average Bonchev–Trinajstić information content (AvgIpc) is 2.33. The summed E-state index contributed by atoms with van der Waals surface area (Å²) < 4.78 is 19.1. The summed E-state index contributed by atoms with van der Waals surface area (Å²) in [5.41, 5.74) is 0.736. The van der Waals surface area contributed by atoms with Crippen LogP contribution in [0.3, 0.4) is 0 Å². The summed E-state index contributed by atoms with van der Waals surface area (Å²) >= 11 is 8.82. The van der Waals surface area contributed by atoms with Gasteiger partial charge in [0.25, 0.3) is 0 Å². The van der Waals surface area contributed by atoms with Crippen LogP contribution in [0.25, 0.3) is 0 Å². The molecule has 0 amide bonds. The molecule has 2 rings (SSSR count). The van der Waals surface area contributed by atoms with Crippen molar-refractivity contribution in [3.63, 3.8) is 0 Å². The quantitative estimate of drug-likeness (QED) is 0.791. The van der Waals surface area contributed by atoms with Crippen molar-refractivity contribution in [1.29, 1.82) is 0 Å². The van der Waals surface area contributed by atoms with Gasteiger partial charge in [0.2, 0.25) is 0 Å². The summed E-state index contributed by atoms with van der Waals surface area (Å²) in [4.78, 5) is 3.89. The van der Waals surface area contributed by atoms with Crippen molar-refractivity contribution in [1.82, 2.24) is 4.98 Å². The third-order valence-corrected chi connectivity index (χ3v) is 3.24. The smallest absolute Gasteiger partial charge is 0.138 e. The molecule has 17 heavy (non-hydrogen) atoms. The molecule has 0 atom stereocenters. The van der Waals surface area contributed by atoms with Crippen molar-refractivity contribution in [3.8, 4) is 5.75 Å². The van der Waals surface area contributed by atoms with Gasteiger partial charge in [-0.1, -0.05) is 23.7 Å². The summed E-state index contributed by atoms with van der Waals surface area (Å²) in [7, 11) is 0. The SMILES string of the molecule is Fc1cccc(COc2ccc(Cl)nc2)c1Br. The highest BCUT2D eigenvalue weighted by Crippen LogP contribution is 2.22. The molecular formula is C12H8BrClFNO. The highest BCUT2D eigenvalue weighted by molar-refractivity contribution is 9.10. The van der Waals surface area contributed by atoms with Gasteiger partial charge in [-0.25, -0.2) is 9.37 Å². The van der Waals surface area contributed by atoms with Crippen LogP contribution in [-0.2, 0) is 6.61 Å². The molecule has 1 heterocycles. The highest BCUT2D eigenvalue weighted by Gasteiger charge is 2.05. The van der Waals surface area contributed by atoms with E-state index in [0.29, 0.717) is 15.4 Å². The molecule has 0 fully saturated rings. The molecule has 0 aliphatic carbocycles. The molecule has 0 saturated heterocycles. The monoisotopic (exact) mass is 315 g/mol. The Bertz CT molecular complexity index is 518. The fourth-order valence-corrected chi connectivity index (χ4v) is 1.76. The first-order chi connectivity index (χ1) is 8.16. The minimum Gasteiger partial charge on any atom is -0.487 e. The number of hydrogen-bond acceptors (Lipinski definition) is 2. The molecule has 0 saturated carbocycles. The number of benzene rings is 1. The third kappa shape index (κ3) is 3.17. The minimum absolute atomic E-state index is 0.266. The first kappa shape index (κ1) is 12.3. The van der Waals surface area contributed by atoms with Crippen molar-refractivity contribution in [3.05, 3.63) is 57.5 Å². The largest absolute Gasteiger partial charge is 0.487 e. The Hall–Kier alpha value is -1.13.